The molecule has 0 radical (unpaired) electrons. The number of rotatable bonds is 12. The molecule has 2 atom stereocenters. The number of aliphatic carboxylic acids is 1. The van der Waals surface area contributed by atoms with Gasteiger partial charge in [-0.15, -0.1) is 11.8 Å². The van der Waals surface area contributed by atoms with E-state index in [2.05, 4.69) is 43.7 Å². The number of nitrogen functional groups attached to an aromatic ring is 1. The van der Waals surface area contributed by atoms with Crippen molar-refractivity contribution in [2.75, 3.05) is 66.2 Å². The highest BCUT2D eigenvalue weighted by Crippen LogP contribution is 2.40. The van der Waals surface area contributed by atoms with E-state index < -0.39 is 41.8 Å². The minimum atomic E-state index is -1.48. The zero-order valence-corrected chi connectivity index (χ0v) is 22.5. The quantitative estimate of drug-likeness (QED) is 0.132. The Bertz CT molecular complexity index is 1140. The minimum absolute atomic E-state index is 0.0497. The molecule has 202 valence electrons. The Kier molecular flexibility index (Phi) is 9.22. The summed E-state index contributed by atoms with van der Waals surface area (Å²) in [5, 5.41) is 17.2. The van der Waals surface area contributed by atoms with Crippen molar-refractivity contribution in [2.24, 2.45) is 5.16 Å². The van der Waals surface area contributed by atoms with E-state index in [-0.39, 0.29) is 16.7 Å². The molecule has 0 aromatic carbocycles. The van der Waals surface area contributed by atoms with Crippen LogP contribution >= 0.6 is 23.3 Å². The molecule has 1 aromatic rings. The largest absolute Gasteiger partial charge is 0.543 e. The van der Waals surface area contributed by atoms with Gasteiger partial charge in [0, 0.05) is 23.8 Å². The number of likely N-dealkylation sites (N-methyl/N-ethyl adjacent to an activating group) is 2. The zero-order chi connectivity index (χ0) is 27.3. The fourth-order valence-corrected chi connectivity index (χ4v) is 5.37. The summed E-state index contributed by atoms with van der Waals surface area (Å²) in [7, 11) is 8.15. The first-order valence-electron chi connectivity index (χ1n) is 11.1. The van der Waals surface area contributed by atoms with Crippen LogP contribution in [-0.4, -0.2) is 119 Å². The van der Waals surface area contributed by atoms with Gasteiger partial charge in [-0.1, -0.05) is 11.2 Å². The topological polar surface area (TPSA) is 166 Å². The maximum Gasteiger partial charge on any atom is 0.278 e. The second-order valence-corrected chi connectivity index (χ2v) is 11.1. The number of hydrogen-bond donors (Lipinski definition) is 2. The molecule has 3 N–H and O–H groups in total. The number of thioether (sulfide) groups is 1. The fraction of sp³-hybridized carbons (Fsp3) is 0.524. The Morgan fingerprint density at radius 3 is 2.76 bits per heavy atom. The molecule has 0 spiro atoms. The number of fused-ring (bicyclic) bond motifs is 1. The molecular formula is C21H29FN8O5S2. The molecule has 16 heteroatoms. The maximum atomic E-state index is 12.9. The summed E-state index contributed by atoms with van der Waals surface area (Å²) in [6.07, 6.45) is 3.60. The van der Waals surface area contributed by atoms with E-state index in [1.807, 2.05) is 20.2 Å². The van der Waals surface area contributed by atoms with E-state index >= 15 is 0 Å². The van der Waals surface area contributed by atoms with Gasteiger partial charge < -0.3 is 35.2 Å². The predicted molar refractivity (Wildman–Crippen MR) is 135 cm³/mol. The van der Waals surface area contributed by atoms with Crippen LogP contribution in [0.25, 0.3) is 0 Å². The molecule has 1 aromatic heterocycles. The smallest absolute Gasteiger partial charge is 0.278 e. The monoisotopic (exact) mass is 556 g/mol. The summed E-state index contributed by atoms with van der Waals surface area (Å²) >= 11 is 2.09. The Morgan fingerprint density at radius 1 is 1.43 bits per heavy atom. The van der Waals surface area contributed by atoms with E-state index in [1.165, 1.54) is 11.8 Å². The minimum Gasteiger partial charge on any atom is -0.543 e. The number of β-lactam (4-membered cyclic amide) rings is 1. The molecular weight excluding hydrogens is 527 g/mol. The van der Waals surface area contributed by atoms with Gasteiger partial charge in [-0.2, -0.15) is 9.36 Å². The summed E-state index contributed by atoms with van der Waals surface area (Å²) in [6.45, 7) is 1.17. The van der Waals surface area contributed by atoms with Gasteiger partial charge in [-0.05, 0) is 25.7 Å². The van der Waals surface area contributed by atoms with E-state index in [0.717, 1.165) is 29.5 Å². The summed E-state index contributed by atoms with van der Waals surface area (Å²) in [5.74, 6) is -2.91. The van der Waals surface area contributed by atoms with Crippen LogP contribution < -0.4 is 16.2 Å². The van der Waals surface area contributed by atoms with Gasteiger partial charge >= 0.3 is 0 Å². The molecule has 2 aliphatic heterocycles. The molecule has 0 unspecified atom stereocenters. The van der Waals surface area contributed by atoms with E-state index in [0.29, 0.717) is 22.4 Å². The average molecular weight is 557 g/mol. The fourth-order valence-electron chi connectivity index (χ4n) is 3.62. The molecule has 1 saturated heterocycles. The van der Waals surface area contributed by atoms with Crippen LogP contribution in [0.15, 0.2) is 28.6 Å². The van der Waals surface area contributed by atoms with Gasteiger partial charge in [0.1, 0.15) is 11.4 Å². The second-order valence-electron chi connectivity index (χ2n) is 9.20. The number of carboxylic acids is 1. The van der Waals surface area contributed by atoms with Crippen molar-refractivity contribution in [3.05, 3.63) is 29.2 Å². The lowest BCUT2D eigenvalue weighted by Crippen LogP contribution is -2.71. The second kappa shape index (κ2) is 12.0. The van der Waals surface area contributed by atoms with Crippen molar-refractivity contribution >= 4 is 51.9 Å². The van der Waals surface area contributed by atoms with Gasteiger partial charge in [0.25, 0.3) is 18.7 Å². The molecule has 1 fully saturated rings. The van der Waals surface area contributed by atoms with Gasteiger partial charge in [0.15, 0.2) is 5.13 Å². The highest BCUT2D eigenvalue weighted by Gasteiger charge is 2.53. The molecule has 0 aliphatic carbocycles. The Hall–Kier alpha value is -3.08. The van der Waals surface area contributed by atoms with Crippen LogP contribution in [0.5, 0.6) is 0 Å². The van der Waals surface area contributed by atoms with Crippen molar-refractivity contribution in [3.8, 4) is 0 Å². The third-order valence-corrected chi connectivity index (χ3v) is 7.47. The molecule has 13 nitrogen and oxygen atoms in total. The number of allylic oxidation sites excluding steroid dienone is 1. The number of carbonyl (C=O) groups is 3. The lowest BCUT2D eigenvalue weighted by molar-refractivity contribution is -0.883. The predicted octanol–water partition coefficient (Wildman–Crippen LogP) is -1.63. The van der Waals surface area contributed by atoms with Crippen molar-refractivity contribution in [1.29, 1.82) is 0 Å². The average Bonchev–Trinajstić information content (AvgIpc) is 3.26. The number of carboxylic acid groups (broad SMARTS) is 1. The number of quaternary nitrogens is 1. The first kappa shape index (κ1) is 28.5. The number of nitrogens with zero attached hydrogens (tertiary/aromatic N) is 6. The Labute approximate surface area is 221 Å². The van der Waals surface area contributed by atoms with Crippen LogP contribution in [0.1, 0.15) is 5.82 Å². The molecule has 2 amide bonds. The first-order chi connectivity index (χ1) is 17.4. The molecule has 0 saturated carbocycles. The summed E-state index contributed by atoms with van der Waals surface area (Å²) in [6, 6.07) is -1.05. The number of halogens is 1. The van der Waals surface area contributed by atoms with Crippen molar-refractivity contribution in [2.45, 2.75) is 11.4 Å². The molecule has 37 heavy (non-hydrogen) atoms. The third-order valence-electron chi connectivity index (χ3n) is 5.62. The number of nitrogens with one attached hydrogen (secondary N) is 1. The number of amides is 2. The number of oxime groups is 1. The lowest BCUT2D eigenvalue weighted by Gasteiger charge is -2.50. The van der Waals surface area contributed by atoms with Crippen molar-refractivity contribution in [3.63, 3.8) is 0 Å². The van der Waals surface area contributed by atoms with Crippen LogP contribution in [0.4, 0.5) is 9.52 Å². The van der Waals surface area contributed by atoms with Crippen LogP contribution in [0.2, 0.25) is 0 Å². The number of aromatic nitrogens is 2. The summed E-state index contributed by atoms with van der Waals surface area (Å²) < 4.78 is 17.0. The van der Waals surface area contributed by atoms with Crippen LogP contribution in [0.3, 0.4) is 0 Å². The number of alkyl halides is 1. The van der Waals surface area contributed by atoms with Gasteiger partial charge in [0.2, 0.25) is 11.5 Å². The van der Waals surface area contributed by atoms with Gasteiger partial charge in [-0.25, -0.2) is 4.39 Å². The van der Waals surface area contributed by atoms with Crippen molar-refractivity contribution in [1.82, 2.24) is 24.5 Å². The van der Waals surface area contributed by atoms with E-state index in [1.54, 1.807) is 6.08 Å². The number of carbonyl (C=O) groups excluding carboxylic acids is 3. The van der Waals surface area contributed by atoms with E-state index in [9.17, 15) is 23.9 Å². The van der Waals surface area contributed by atoms with Crippen LogP contribution in [0, 0.1) is 0 Å². The highest BCUT2D eigenvalue weighted by atomic mass is 32.2. The molecule has 3 rings (SSSR count). The van der Waals surface area contributed by atoms with Gasteiger partial charge in [0.05, 0.1) is 38.9 Å². The molecule has 3 heterocycles. The van der Waals surface area contributed by atoms with Crippen LogP contribution in [-0.2, 0) is 19.2 Å². The summed E-state index contributed by atoms with van der Waals surface area (Å²) in [4.78, 5) is 49.1. The SMILES string of the molecule is CN(C)CC[N+](C)(C)C/C=C/C1=C(C(=O)[O-])N2C(=O)[C@@H](NC(=O)/C(=N\OCF)c3nsc(N)n3)[C@H]2SC1. The number of hydrogen-bond acceptors (Lipinski definition) is 12. The number of anilines is 1. The van der Waals surface area contributed by atoms with Gasteiger partial charge in [-0.3, -0.25) is 14.5 Å². The standard InChI is InChI=1S/C21H29FN8O5S2/c1-28(2)7-9-30(3,4)8-5-6-12-10-36-19-14(18(32)29(19)15(12)20(33)34)24-17(31)13(26-35-11-22)16-25-21(23)37-27-16/h5-6,14,19H,7-11H2,1-4H3,(H3-,23,24,25,27,31,33,34)/b6-5+,26-13-/t14-,19-/m1/s1. The zero-order valence-electron chi connectivity index (χ0n) is 20.8. The Balaban J connectivity index is 1.73. The molecule has 0 bridgehead atoms. The van der Waals surface area contributed by atoms with E-state index in [4.69, 9.17) is 5.73 Å². The normalized spacial score (nSPS) is 20.3. The molecule has 2 aliphatic rings. The highest BCUT2D eigenvalue weighted by molar-refractivity contribution is 8.00. The maximum absolute atomic E-state index is 12.9. The number of nitrogens with two attached hydrogens (primary N) is 1. The first-order valence-corrected chi connectivity index (χ1v) is 13.0. The summed E-state index contributed by atoms with van der Waals surface area (Å²) in [5.41, 5.74) is 5.30. The third kappa shape index (κ3) is 6.82. The Morgan fingerprint density at radius 2 is 2.16 bits per heavy atom. The lowest BCUT2D eigenvalue weighted by atomic mass is 10.0. The van der Waals surface area contributed by atoms with Crippen molar-refractivity contribution < 1.29 is 33.2 Å².